The number of benzene rings is 3. The van der Waals surface area contributed by atoms with E-state index in [0.717, 1.165) is 39.3 Å². The first-order valence-electron chi connectivity index (χ1n) is 8.03. The van der Waals surface area contributed by atoms with E-state index in [-0.39, 0.29) is 17.1 Å². The number of alkyl halides is 3. The molecule has 0 fully saturated rings. The van der Waals surface area contributed by atoms with Crippen LogP contribution in [0.2, 0.25) is 0 Å². The monoisotopic (exact) mass is 391 g/mol. The fourth-order valence-corrected chi connectivity index (χ4v) is 4.20. The van der Waals surface area contributed by atoms with Gasteiger partial charge in [0.25, 0.3) is 10.0 Å². The molecule has 3 aromatic rings. The highest BCUT2D eigenvalue weighted by atomic mass is 32.2. The third-order valence-corrected chi connectivity index (χ3v) is 5.88. The van der Waals surface area contributed by atoms with Crippen LogP contribution in [0.25, 0.3) is 10.8 Å². The van der Waals surface area contributed by atoms with Crippen molar-refractivity contribution in [1.82, 2.24) is 0 Å². The number of hydrogen-bond acceptors (Lipinski definition) is 2. The number of halogens is 3. The van der Waals surface area contributed by atoms with Crippen molar-refractivity contribution in [2.75, 3.05) is 10.8 Å². The maximum Gasteiger partial charge on any atom is 0.416 e. The van der Waals surface area contributed by atoms with Gasteiger partial charge in [-0.05, 0) is 47.2 Å². The van der Waals surface area contributed by atoms with Crippen molar-refractivity contribution in [3.63, 3.8) is 0 Å². The second kappa shape index (κ2) is 7.08. The van der Waals surface area contributed by atoms with Gasteiger partial charge in [0.1, 0.15) is 0 Å². The zero-order valence-electron chi connectivity index (χ0n) is 14.1. The van der Waals surface area contributed by atoms with Gasteiger partial charge in [0.2, 0.25) is 0 Å². The lowest BCUT2D eigenvalue weighted by Gasteiger charge is -2.23. The SMILES string of the molecule is C=CCN(c1ccc(C(F)(F)F)cc1)S(=O)(=O)c1ccc2ccccc2c1. The number of fused-ring (bicyclic) bond motifs is 1. The molecule has 0 amide bonds. The number of sulfonamides is 1. The van der Waals surface area contributed by atoms with Crippen LogP contribution in [0.15, 0.2) is 84.3 Å². The molecule has 140 valence electrons. The van der Waals surface area contributed by atoms with Gasteiger partial charge in [0, 0.05) is 0 Å². The Bertz CT molecular complexity index is 1070. The maximum absolute atomic E-state index is 13.1. The average Bonchev–Trinajstić information content (AvgIpc) is 2.65. The molecule has 3 rings (SSSR count). The van der Waals surface area contributed by atoms with Gasteiger partial charge < -0.3 is 0 Å². The Morgan fingerprint density at radius 2 is 1.56 bits per heavy atom. The molecular weight excluding hydrogens is 375 g/mol. The topological polar surface area (TPSA) is 37.4 Å². The smallest absolute Gasteiger partial charge is 0.263 e. The summed E-state index contributed by atoms with van der Waals surface area (Å²) in [6.07, 6.45) is -3.10. The average molecular weight is 391 g/mol. The molecule has 0 aromatic heterocycles. The lowest BCUT2D eigenvalue weighted by Crippen LogP contribution is -2.31. The van der Waals surface area contributed by atoms with Crippen LogP contribution >= 0.6 is 0 Å². The van der Waals surface area contributed by atoms with E-state index in [4.69, 9.17) is 0 Å². The van der Waals surface area contributed by atoms with Crippen LogP contribution in [0.4, 0.5) is 18.9 Å². The summed E-state index contributed by atoms with van der Waals surface area (Å²) < 4.78 is 65.5. The predicted octanol–water partition coefficient (Wildman–Crippen LogP) is 5.24. The number of nitrogens with zero attached hydrogens (tertiary/aromatic N) is 1. The van der Waals surface area contributed by atoms with Crippen LogP contribution in [0.5, 0.6) is 0 Å². The van der Waals surface area contributed by atoms with Crippen LogP contribution in [-0.2, 0) is 16.2 Å². The molecule has 0 aliphatic carbocycles. The number of hydrogen-bond donors (Lipinski definition) is 0. The zero-order chi connectivity index (χ0) is 19.7. The highest BCUT2D eigenvalue weighted by Crippen LogP contribution is 2.32. The minimum atomic E-state index is -4.49. The summed E-state index contributed by atoms with van der Waals surface area (Å²) in [4.78, 5) is 0.0583. The Kier molecular flexibility index (Phi) is 4.97. The second-order valence-electron chi connectivity index (χ2n) is 5.88. The summed E-state index contributed by atoms with van der Waals surface area (Å²) in [5, 5.41) is 1.64. The predicted molar refractivity (Wildman–Crippen MR) is 100 cm³/mol. The second-order valence-corrected chi connectivity index (χ2v) is 7.74. The molecule has 27 heavy (non-hydrogen) atoms. The highest BCUT2D eigenvalue weighted by molar-refractivity contribution is 7.92. The van der Waals surface area contributed by atoms with E-state index in [0.29, 0.717) is 0 Å². The van der Waals surface area contributed by atoms with Crippen molar-refractivity contribution in [3.8, 4) is 0 Å². The van der Waals surface area contributed by atoms with Crippen molar-refractivity contribution in [3.05, 3.63) is 84.9 Å². The molecule has 7 heteroatoms. The third kappa shape index (κ3) is 3.83. The van der Waals surface area contributed by atoms with Gasteiger partial charge in [0.15, 0.2) is 0 Å². The summed E-state index contributed by atoms with van der Waals surface area (Å²) in [7, 11) is -3.98. The maximum atomic E-state index is 13.1. The van der Waals surface area contributed by atoms with E-state index in [1.807, 2.05) is 12.1 Å². The molecule has 0 atom stereocenters. The first kappa shape index (κ1) is 19.0. The Balaban J connectivity index is 2.05. The molecule has 0 aliphatic rings. The molecule has 0 saturated heterocycles. The Hall–Kier alpha value is -2.80. The summed E-state index contributed by atoms with van der Waals surface area (Å²) in [5.41, 5.74) is -0.705. The van der Waals surface area contributed by atoms with E-state index in [9.17, 15) is 21.6 Å². The zero-order valence-corrected chi connectivity index (χ0v) is 15.0. The highest BCUT2D eigenvalue weighted by Gasteiger charge is 2.31. The summed E-state index contributed by atoms with van der Waals surface area (Å²) >= 11 is 0. The Morgan fingerprint density at radius 1 is 0.926 bits per heavy atom. The normalized spacial score (nSPS) is 12.1. The van der Waals surface area contributed by atoms with Gasteiger partial charge in [0.05, 0.1) is 22.7 Å². The molecule has 0 N–H and O–H groups in total. The van der Waals surface area contributed by atoms with Gasteiger partial charge in [-0.15, -0.1) is 6.58 Å². The first-order chi connectivity index (χ1) is 12.7. The van der Waals surface area contributed by atoms with Crippen molar-refractivity contribution in [1.29, 1.82) is 0 Å². The van der Waals surface area contributed by atoms with Crippen molar-refractivity contribution in [2.24, 2.45) is 0 Å². The van der Waals surface area contributed by atoms with Crippen LogP contribution in [0, 0.1) is 0 Å². The van der Waals surface area contributed by atoms with Crippen LogP contribution < -0.4 is 4.31 Å². The minimum Gasteiger partial charge on any atom is -0.263 e. The molecule has 0 radical (unpaired) electrons. The number of rotatable bonds is 5. The molecule has 0 spiro atoms. The molecule has 3 aromatic carbocycles. The molecule has 0 heterocycles. The van der Waals surface area contributed by atoms with Crippen LogP contribution in [-0.4, -0.2) is 15.0 Å². The van der Waals surface area contributed by atoms with Gasteiger partial charge in [-0.3, -0.25) is 4.31 Å². The van der Waals surface area contributed by atoms with Gasteiger partial charge in [-0.1, -0.05) is 36.4 Å². The van der Waals surface area contributed by atoms with Gasteiger partial charge in [-0.2, -0.15) is 13.2 Å². The fourth-order valence-electron chi connectivity index (χ4n) is 2.73. The van der Waals surface area contributed by atoms with Gasteiger partial charge >= 0.3 is 6.18 Å². The summed E-state index contributed by atoms with van der Waals surface area (Å²) in [6.45, 7) is 3.48. The van der Waals surface area contributed by atoms with E-state index < -0.39 is 21.8 Å². The van der Waals surface area contributed by atoms with E-state index >= 15 is 0 Å². The van der Waals surface area contributed by atoms with Crippen molar-refractivity contribution in [2.45, 2.75) is 11.1 Å². The largest absolute Gasteiger partial charge is 0.416 e. The third-order valence-electron chi connectivity index (χ3n) is 4.09. The van der Waals surface area contributed by atoms with Crippen LogP contribution in [0.3, 0.4) is 0 Å². The Morgan fingerprint density at radius 3 is 2.15 bits per heavy atom. The molecular formula is C20H16F3NO2S. The molecule has 0 aliphatic heterocycles. The lowest BCUT2D eigenvalue weighted by atomic mass is 10.1. The molecule has 0 bridgehead atoms. The van der Waals surface area contributed by atoms with E-state index in [2.05, 4.69) is 6.58 Å². The quantitative estimate of drug-likeness (QED) is 0.558. The first-order valence-corrected chi connectivity index (χ1v) is 9.47. The molecule has 0 unspecified atom stereocenters. The number of anilines is 1. The minimum absolute atomic E-state index is 0.0583. The lowest BCUT2D eigenvalue weighted by molar-refractivity contribution is -0.137. The van der Waals surface area contributed by atoms with Gasteiger partial charge in [-0.25, -0.2) is 8.42 Å². The van der Waals surface area contributed by atoms with E-state index in [1.165, 1.54) is 12.1 Å². The summed E-state index contributed by atoms with van der Waals surface area (Å²) in [6, 6.07) is 16.1. The standard InChI is InChI=1S/C20H16F3NO2S/c1-2-13-24(18-10-8-17(9-11-18)20(21,22)23)27(25,26)19-12-7-15-5-3-4-6-16(15)14-19/h2-12,14H,1,13H2. The fraction of sp³-hybridized carbons (Fsp3) is 0.100. The van der Waals surface area contributed by atoms with Crippen molar-refractivity contribution < 1.29 is 21.6 Å². The van der Waals surface area contributed by atoms with E-state index in [1.54, 1.807) is 24.3 Å². The summed E-state index contributed by atoms with van der Waals surface area (Å²) in [5.74, 6) is 0. The van der Waals surface area contributed by atoms with Crippen LogP contribution in [0.1, 0.15) is 5.56 Å². The molecule has 3 nitrogen and oxygen atoms in total. The molecule has 0 saturated carbocycles. The van der Waals surface area contributed by atoms with Crippen molar-refractivity contribution >= 4 is 26.5 Å². The Labute approximate surface area is 155 Å².